The highest BCUT2D eigenvalue weighted by molar-refractivity contribution is 7.96. The third-order valence-electron chi connectivity index (χ3n) is 5.62. The second-order valence-electron chi connectivity index (χ2n) is 7.77. The lowest BCUT2D eigenvalue weighted by Gasteiger charge is -2.27. The molecular formula is C29H28O2P+. The molecule has 160 valence electrons. The first-order valence-corrected chi connectivity index (χ1v) is 13.0. The Bertz CT molecular complexity index is 1030. The Labute approximate surface area is 191 Å². The maximum absolute atomic E-state index is 13.7. The van der Waals surface area contributed by atoms with E-state index in [-0.39, 0.29) is 5.78 Å². The number of ether oxygens (including phenoxy) is 1. The van der Waals surface area contributed by atoms with Crippen molar-refractivity contribution in [3.05, 3.63) is 121 Å². The first-order chi connectivity index (χ1) is 15.7. The van der Waals surface area contributed by atoms with Crippen LogP contribution in [0.5, 0.6) is 5.75 Å². The van der Waals surface area contributed by atoms with Crippen LogP contribution < -0.4 is 20.7 Å². The van der Waals surface area contributed by atoms with E-state index < -0.39 is 7.26 Å². The fraction of sp³-hybridized carbons (Fsp3) is 0.138. The summed E-state index contributed by atoms with van der Waals surface area (Å²) in [6.07, 6.45) is 1.40. The van der Waals surface area contributed by atoms with Gasteiger partial charge in [-0.2, -0.15) is 0 Å². The molecule has 0 aliphatic carbocycles. The van der Waals surface area contributed by atoms with Gasteiger partial charge in [0.1, 0.15) is 35.1 Å². The predicted molar refractivity (Wildman–Crippen MR) is 137 cm³/mol. The van der Waals surface area contributed by atoms with Gasteiger partial charge in [-0.25, -0.2) is 0 Å². The number of ketones is 1. The molecule has 0 saturated heterocycles. The summed E-state index contributed by atoms with van der Waals surface area (Å²) >= 11 is 0. The van der Waals surface area contributed by atoms with E-state index in [1.165, 1.54) is 15.9 Å². The summed E-state index contributed by atoms with van der Waals surface area (Å²) in [5.41, 5.74) is 0.723. The van der Waals surface area contributed by atoms with Crippen molar-refractivity contribution >= 4 is 29.0 Å². The zero-order valence-corrected chi connectivity index (χ0v) is 19.2. The van der Waals surface area contributed by atoms with Crippen molar-refractivity contribution < 1.29 is 9.53 Å². The molecule has 0 unspecified atom stereocenters. The molecule has 0 bridgehead atoms. The quantitative estimate of drug-likeness (QED) is 0.249. The van der Waals surface area contributed by atoms with Crippen LogP contribution in [0.4, 0.5) is 0 Å². The number of Topliss-reactive ketones (excluding diaryl/α,β-unsaturated/α-hetero) is 1. The molecule has 32 heavy (non-hydrogen) atoms. The van der Waals surface area contributed by atoms with Gasteiger partial charge in [0.05, 0.1) is 6.61 Å². The lowest BCUT2D eigenvalue weighted by atomic mass is 10.1. The highest BCUT2D eigenvalue weighted by Gasteiger charge is 2.47. The lowest BCUT2D eigenvalue weighted by molar-refractivity contribution is 0.102. The second-order valence-corrected chi connectivity index (χ2v) is 11.3. The van der Waals surface area contributed by atoms with Crippen LogP contribution >= 0.6 is 7.26 Å². The summed E-state index contributed by atoms with van der Waals surface area (Å²) < 4.78 is 5.69. The summed E-state index contributed by atoms with van der Waals surface area (Å²) in [4.78, 5) is 13.7. The fourth-order valence-corrected chi connectivity index (χ4v) is 8.13. The van der Waals surface area contributed by atoms with Crippen LogP contribution in [0.2, 0.25) is 0 Å². The number of hydrogen-bond acceptors (Lipinski definition) is 2. The standard InChI is InChI=1S/C29H28O2P/c1-2-22-31-25-20-18-24(19-21-25)29(30)23-32(26-12-6-3-7-13-26,27-14-8-4-9-15-27)28-16-10-5-11-17-28/h3-21H,2,22-23H2,1H3/q+1. The molecule has 0 atom stereocenters. The van der Waals surface area contributed by atoms with Crippen LogP contribution in [0.3, 0.4) is 0 Å². The molecule has 0 saturated carbocycles. The van der Waals surface area contributed by atoms with E-state index in [9.17, 15) is 4.79 Å². The van der Waals surface area contributed by atoms with Crippen molar-refractivity contribution in [2.24, 2.45) is 0 Å². The lowest BCUT2D eigenvalue weighted by Crippen LogP contribution is -2.35. The van der Waals surface area contributed by atoms with E-state index in [0.717, 1.165) is 17.7 Å². The molecule has 0 aliphatic heterocycles. The summed E-state index contributed by atoms with van der Waals surface area (Å²) in [5.74, 6) is 0.954. The zero-order valence-electron chi connectivity index (χ0n) is 18.4. The van der Waals surface area contributed by atoms with E-state index >= 15 is 0 Å². The second kappa shape index (κ2) is 10.4. The number of hydrogen-bond donors (Lipinski definition) is 0. The minimum absolute atomic E-state index is 0.150. The Morgan fingerprint density at radius 3 is 1.50 bits per heavy atom. The van der Waals surface area contributed by atoms with Crippen LogP contribution in [-0.2, 0) is 0 Å². The zero-order chi connectivity index (χ0) is 22.2. The first-order valence-electron chi connectivity index (χ1n) is 11.0. The molecule has 0 spiro atoms. The topological polar surface area (TPSA) is 26.3 Å². The minimum Gasteiger partial charge on any atom is -0.494 e. The summed E-state index contributed by atoms with van der Waals surface area (Å²) in [6.45, 7) is 2.76. The van der Waals surface area contributed by atoms with Crippen molar-refractivity contribution in [1.82, 2.24) is 0 Å². The van der Waals surface area contributed by atoms with Crippen molar-refractivity contribution in [3.63, 3.8) is 0 Å². The third-order valence-corrected chi connectivity index (χ3v) is 9.92. The van der Waals surface area contributed by atoms with Gasteiger partial charge < -0.3 is 4.74 Å². The van der Waals surface area contributed by atoms with Crippen molar-refractivity contribution in [2.45, 2.75) is 13.3 Å². The molecule has 2 nitrogen and oxygen atoms in total. The van der Waals surface area contributed by atoms with Crippen LogP contribution in [0, 0.1) is 0 Å². The molecule has 0 N–H and O–H groups in total. The molecule has 4 aromatic carbocycles. The Morgan fingerprint density at radius 2 is 1.09 bits per heavy atom. The molecule has 0 heterocycles. The molecule has 0 aromatic heterocycles. The van der Waals surface area contributed by atoms with Gasteiger partial charge in [0.2, 0.25) is 5.78 Å². The van der Waals surface area contributed by atoms with Gasteiger partial charge in [-0.1, -0.05) is 61.5 Å². The van der Waals surface area contributed by atoms with Crippen molar-refractivity contribution in [1.29, 1.82) is 0 Å². The summed E-state index contributed by atoms with van der Waals surface area (Å²) in [7, 11) is -2.19. The van der Waals surface area contributed by atoms with E-state index in [1.807, 2.05) is 42.5 Å². The fourth-order valence-electron chi connectivity index (χ4n) is 4.03. The van der Waals surface area contributed by atoms with Crippen LogP contribution in [0.1, 0.15) is 23.7 Å². The maximum Gasteiger partial charge on any atom is 0.201 e. The van der Waals surface area contributed by atoms with Gasteiger partial charge in [0.25, 0.3) is 0 Å². The average molecular weight is 440 g/mol. The van der Waals surface area contributed by atoms with Crippen LogP contribution in [0.15, 0.2) is 115 Å². The average Bonchev–Trinajstić information content (AvgIpc) is 2.88. The van der Waals surface area contributed by atoms with Gasteiger partial charge in [0.15, 0.2) is 0 Å². The van der Waals surface area contributed by atoms with Crippen LogP contribution in [-0.4, -0.2) is 18.6 Å². The Morgan fingerprint density at radius 1 is 0.656 bits per heavy atom. The molecule has 0 radical (unpaired) electrons. The molecule has 4 rings (SSSR count). The highest BCUT2D eigenvalue weighted by atomic mass is 31.2. The molecule has 3 heteroatoms. The van der Waals surface area contributed by atoms with Gasteiger partial charge in [0, 0.05) is 5.56 Å². The van der Waals surface area contributed by atoms with Gasteiger partial charge in [-0.3, -0.25) is 4.79 Å². The maximum atomic E-state index is 13.7. The van der Waals surface area contributed by atoms with Gasteiger partial charge in [-0.15, -0.1) is 0 Å². The van der Waals surface area contributed by atoms with Gasteiger partial charge >= 0.3 is 0 Å². The summed E-state index contributed by atoms with van der Waals surface area (Å²) in [5, 5.41) is 3.65. The van der Waals surface area contributed by atoms with E-state index in [2.05, 4.69) is 79.7 Å². The predicted octanol–water partition coefficient (Wildman–Crippen LogP) is 5.65. The molecular weight excluding hydrogens is 411 g/mol. The molecule has 0 fully saturated rings. The third kappa shape index (κ3) is 4.66. The normalized spacial score (nSPS) is 11.2. The van der Waals surface area contributed by atoms with Gasteiger partial charge in [-0.05, 0) is 67.1 Å². The van der Waals surface area contributed by atoms with Crippen LogP contribution in [0.25, 0.3) is 0 Å². The van der Waals surface area contributed by atoms with E-state index in [4.69, 9.17) is 4.74 Å². The Kier molecular flexibility index (Phi) is 7.14. The number of carbonyl (C=O) groups is 1. The number of benzene rings is 4. The number of rotatable bonds is 9. The monoisotopic (exact) mass is 439 g/mol. The molecule has 4 aromatic rings. The smallest absolute Gasteiger partial charge is 0.201 e. The molecule has 0 aliphatic rings. The summed E-state index contributed by atoms with van der Waals surface area (Å²) in [6, 6.07) is 39.1. The SMILES string of the molecule is CCCOc1ccc(C(=O)C[P+](c2ccccc2)(c2ccccc2)c2ccccc2)cc1. The first kappa shape index (κ1) is 22.0. The minimum atomic E-state index is -2.19. The Balaban J connectivity index is 1.80. The number of carbonyl (C=O) groups excluding carboxylic acids is 1. The van der Waals surface area contributed by atoms with E-state index in [1.54, 1.807) is 0 Å². The van der Waals surface area contributed by atoms with E-state index in [0.29, 0.717) is 12.8 Å². The molecule has 0 amide bonds. The largest absolute Gasteiger partial charge is 0.494 e. The Hall–Kier alpha value is -3.22. The van der Waals surface area contributed by atoms with Crippen molar-refractivity contribution in [2.75, 3.05) is 12.8 Å². The highest BCUT2D eigenvalue weighted by Crippen LogP contribution is 2.55. The van der Waals surface area contributed by atoms with Crippen molar-refractivity contribution in [3.8, 4) is 5.75 Å².